The molecule has 6 aromatic carbocycles. The van der Waals surface area contributed by atoms with Crippen LogP contribution in [0.15, 0.2) is 342 Å². The van der Waals surface area contributed by atoms with E-state index in [0.29, 0.717) is 16.7 Å². The minimum atomic E-state index is -0.689. The van der Waals surface area contributed by atoms with Crippen LogP contribution in [0.25, 0.3) is 133 Å². The van der Waals surface area contributed by atoms with E-state index in [9.17, 15) is 41.9 Å². The Labute approximate surface area is 948 Å². The smallest absolute Gasteiger partial charge is 0.155 e. The molecule has 12 heterocycles. The largest absolute Gasteiger partial charge is 0.540 e. The topological polar surface area (TPSA) is 389 Å². The van der Waals surface area contributed by atoms with Crippen LogP contribution in [0.1, 0.15) is 126 Å². The van der Waals surface area contributed by atoms with Crippen LogP contribution in [0.2, 0.25) is 0 Å². The number of aromatic nitrogens is 6. The number of halogens is 3. The first-order valence-electron chi connectivity index (χ1n) is 44.2. The molecule has 0 unspecified atom stereocenters. The number of furan rings is 6. The Kier molecular flexibility index (Phi) is 60.9. The first-order valence-corrected chi connectivity index (χ1v) is 44.2. The fourth-order valence-corrected chi connectivity index (χ4v) is 13.0. The fourth-order valence-electron chi connectivity index (χ4n) is 13.0. The van der Waals surface area contributed by atoms with Gasteiger partial charge in [0, 0.05) is 255 Å². The minimum Gasteiger partial charge on any atom is -0.540 e. The van der Waals surface area contributed by atoms with Gasteiger partial charge in [-0.25, -0.2) is 0 Å². The van der Waals surface area contributed by atoms with Crippen LogP contribution in [0.5, 0.6) is 5.75 Å². The van der Waals surface area contributed by atoms with Gasteiger partial charge in [-0.1, -0.05) is 53.2 Å². The van der Waals surface area contributed by atoms with Gasteiger partial charge in [0.15, 0.2) is 34.7 Å². The molecule has 0 spiro atoms. The Hall–Kier alpha value is -13.8. The number of pyridine rings is 6. The quantitative estimate of drug-likeness (QED) is 0.0355. The van der Waals surface area contributed by atoms with Crippen LogP contribution in [-0.2, 0) is 155 Å². The van der Waals surface area contributed by atoms with Gasteiger partial charge < -0.3 is 91.8 Å². The Balaban J connectivity index is 0.000000832. The van der Waals surface area contributed by atoms with Crippen molar-refractivity contribution < 1.29 is 224 Å². The zero-order valence-electron chi connectivity index (χ0n) is 84.9. The number of fused-ring (bicyclic) bond motifs is 6. The summed E-state index contributed by atoms with van der Waals surface area (Å²) in [4.78, 5) is 86.1. The predicted octanol–water partition coefficient (Wildman–Crippen LogP) is 28.6. The molecule has 6 N–H and O–H groups in total. The van der Waals surface area contributed by atoms with Crippen molar-refractivity contribution in [3.05, 3.63) is 392 Å². The third-order valence-corrected chi connectivity index (χ3v) is 18.7. The van der Waals surface area contributed by atoms with Gasteiger partial charge in [0.2, 0.25) is 0 Å². The van der Waals surface area contributed by atoms with E-state index < -0.39 is 11.6 Å². The van der Waals surface area contributed by atoms with Crippen molar-refractivity contribution in [2.24, 2.45) is 0 Å². The molecule has 0 atom stereocenters. The summed E-state index contributed by atoms with van der Waals surface area (Å²) in [7, 11) is 1.64. The molecular weight excluding hydrogens is 2990 g/mol. The molecule has 0 amide bonds. The van der Waals surface area contributed by atoms with Gasteiger partial charge in [-0.15, -0.1) is 177 Å². The second-order valence-electron chi connectivity index (χ2n) is 32.7. The first-order chi connectivity index (χ1) is 68.4. The predicted molar refractivity (Wildman–Crippen MR) is 551 cm³/mol. The number of aliphatic hydroxyl groups is 6. The number of hydrogen-bond donors (Lipinski definition) is 6. The first kappa shape index (κ1) is 134. The number of methoxy groups -OCH3 is 1. The second kappa shape index (κ2) is 68.0. The van der Waals surface area contributed by atoms with Crippen LogP contribution in [-0.4, -0.2) is 102 Å². The Morgan fingerprint density at radius 2 is 0.580 bits per heavy atom. The molecule has 18 rings (SSSR count). The van der Waals surface area contributed by atoms with Crippen LogP contribution in [0.4, 0.5) is 13.2 Å². The molecule has 0 aliphatic rings. The molecule has 0 bridgehead atoms. The number of allylic oxidation sites excluding steroid dienone is 12. The van der Waals surface area contributed by atoms with E-state index in [1.165, 1.54) is 161 Å². The number of aliphatic hydroxyl groups excluding tert-OH is 6. The summed E-state index contributed by atoms with van der Waals surface area (Å²) in [5.41, 5.74) is 19.4. The number of benzene rings is 6. The van der Waals surface area contributed by atoms with Gasteiger partial charge in [-0.2, -0.15) is 0 Å². The van der Waals surface area contributed by atoms with Gasteiger partial charge in [0.25, 0.3) is 0 Å². The molecule has 25 nitrogen and oxygen atoms in total. The summed E-state index contributed by atoms with van der Waals surface area (Å²) < 4.78 is 76.3. The molecule has 18 aromatic rings. The number of carbonyl (C=O) groups is 6. The molecule has 798 valence electrons. The number of rotatable bonds is 13. The third kappa shape index (κ3) is 46.1. The number of hydrogen-bond acceptors (Lipinski definition) is 25. The maximum atomic E-state index is 13.6. The Morgan fingerprint density at radius 1 is 0.307 bits per heavy atom. The van der Waals surface area contributed by atoms with Crippen LogP contribution in [0, 0.1) is 74.6 Å². The van der Waals surface area contributed by atoms with Gasteiger partial charge in [0.1, 0.15) is 33.5 Å². The maximum absolute atomic E-state index is 13.6. The number of carbonyl (C=O) groups excluding carboxylic acids is 6. The average Bonchev–Trinajstić information content (AvgIpc) is 1.64. The molecule has 34 heteroatoms. The SMILES string of the molecule is CC(=O)C=C(C)O.CC(=O)C=C(C)O.CC(=O)C=C(C)O.CC(=O)C=C(C)O.CC(=O)C=C(C)O.CC(=O)C=C(C)O.CC(C)(C)c1c[c-]c(-c2nccc3occc23)cc1.COc1c[c-]c(-c2nccc3occc23)cc1.Cc1[c-]c(-c2nccc3occc23)cc(C)c1.Cc1c[c-]c(-c2nccc3occc23)cc1.Fc1c[c-]c(-c2nccc3occc23)c(F)c1.Fc1c[c-]c(-c2nccc3occc23)cc1.[Ir].[Ir].[Ir].[Ir].[Ir].[Ir]. The zero-order valence-corrected chi connectivity index (χ0v) is 99.2. The second-order valence-corrected chi connectivity index (χ2v) is 32.7. The molecule has 0 aliphatic heterocycles. The number of aryl methyl sites for hydroxylation is 3. The molecule has 0 saturated heterocycles. The molecule has 0 aliphatic carbocycles. The Morgan fingerprint density at radius 3 is 0.820 bits per heavy atom. The van der Waals surface area contributed by atoms with Gasteiger partial charge in [-0.3, -0.25) is 41.9 Å². The van der Waals surface area contributed by atoms with Crippen molar-refractivity contribution in [1.82, 2.24) is 29.9 Å². The van der Waals surface area contributed by atoms with E-state index >= 15 is 0 Å². The maximum Gasteiger partial charge on any atom is 0.155 e. The molecular formula is C116H109F3Ir6N6O19-6. The number of ether oxygens (including phenoxy) is 1. The standard InChI is InChI=1S/C17H16NO.C15H12NO.C14H10NO2.C14H10NO.C13H6F2NO.C13H7FNO.6C5H8O2.6Ir/c1-17(2,3)13-6-4-12(5-7-13)16-14-9-11-19-15(14)8-10-18-16;1-10-7-11(2)9-12(8-10)15-13-4-6-17-14(13)3-5-16-15;1-16-11-4-2-10(3-5-11)14-12-7-9-17-13(12)6-8-15-14;1-10-2-4-11(5-3-10)14-12-7-9-16-13(12)6-8-15-14;14-8-1-2-9(11(15)7-8)13-10-4-6-17-12(10)3-5-16-13;14-10-3-1-9(2-4-10)13-11-6-8-16-12(11)5-7-15-13;6*1-4(6)3-5(2)7;;;;;;/h4,6-11H,1-3H3;3-8H,1-2H3;2,4-9H,1H3;2-4,6-9H,1H3;1,3-7H;1,3-8H;6*3,6H,1-2H3;;;;;;/q6*-1;;;;;;;;;;;;. The molecule has 150 heavy (non-hydrogen) atoms. The molecule has 6 radical (unpaired) electrons. The van der Waals surface area contributed by atoms with Crippen molar-refractivity contribution in [3.8, 4) is 73.3 Å². The van der Waals surface area contributed by atoms with Crippen LogP contribution in [0.3, 0.4) is 0 Å². The summed E-state index contributed by atoms with van der Waals surface area (Å²) >= 11 is 0. The molecule has 0 saturated carbocycles. The third-order valence-electron chi connectivity index (χ3n) is 18.7. The summed E-state index contributed by atoms with van der Waals surface area (Å²) in [6.45, 7) is 29.9. The number of ketones is 6. The van der Waals surface area contributed by atoms with Crippen LogP contribution < -0.4 is 4.74 Å². The summed E-state index contributed by atoms with van der Waals surface area (Å²) in [5.74, 6) is -1.24. The molecule has 0 fully saturated rings. The summed E-state index contributed by atoms with van der Waals surface area (Å²) in [5, 5.41) is 55.9. The van der Waals surface area contributed by atoms with Gasteiger partial charge in [0.05, 0.1) is 79.2 Å². The van der Waals surface area contributed by atoms with Crippen LogP contribution >= 0.6 is 0 Å². The normalized spacial score (nSPS) is 10.7. The van der Waals surface area contributed by atoms with Crippen molar-refractivity contribution in [1.29, 1.82) is 0 Å². The molecule has 12 aromatic heterocycles. The summed E-state index contributed by atoms with van der Waals surface area (Å²) in [6, 6.07) is 69.1. The van der Waals surface area contributed by atoms with E-state index in [4.69, 9.17) is 61.9 Å². The Bertz CT molecular complexity index is 7170. The summed E-state index contributed by atoms with van der Waals surface area (Å²) in [6.07, 6.45) is 27.1. The van der Waals surface area contributed by atoms with E-state index in [1.54, 1.807) is 99.7 Å². The van der Waals surface area contributed by atoms with Crippen molar-refractivity contribution in [3.63, 3.8) is 0 Å². The fraction of sp³-hybridized carbons (Fsp3) is 0.172. The van der Waals surface area contributed by atoms with E-state index in [2.05, 4.69) is 130 Å². The van der Waals surface area contributed by atoms with E-state index in [0.717, 1.165) is 135 Å². The number of nitrogens with zero attached hydrogens (tertiary/aromatic N) is 6. The minimum absolute atomic E-state index is 0. The zero-order chi connectivity index (χ0) is 106. The van der Waals surface area contributed by atoms with Crippen molar-refractivity contribution in [2.45, 2.75) is 130 Å². The van der Waals surface area contributed by atoms with Gasteiger partial charge in [-0.05, 0) is 190 Å². The monoisotopic (exact) mass is 3100 g/mol. The average molecular weight is 3100 g/mol. The van der Waals surface area contributed by atoms with Crippen molar-refractivity contribution in [2.75, 3.05) is 7.11 Å². The van der Waals surface area contributed by atoms with E-state index in [1.807, 2.05) is 92.7 Å². The van der Waals surface area contributed by atoms with E-state index in [-0.39, 0.29) is 207 Å². The van der Waals surface area contributed by atoms with Gasteiger partial charge >= 0.3 is 0 Å². The van der Waals surface area contributed by atoms with Crippen molar-refractivity contribution >= 4 is 101 Å².